The molecule has 2 aliphatic heterocycles. The number of β-lactam (4-membered cyclic amide) rings is 1. The van der Waals surface area contributed by atoms with Gasteiger partial charge in [0.2, 0.25) is 6.41 Å². The number of Topliss-reactive ketones (excluding diaryl/α,β-unsaturated/α-hetero) is 1. The lowest BCUT2D eigenvalue weighted by atomic mass is 10.0. The third-order valence-electron chi connectivity index (χ3n) is 3.77. The van der Waals surface area contributed by atoms with Crippen molar-refractivity contribution >= 4 is 58.2 Å². The van der Waals surface area contributed by atoms with Gasteiger partial charge in [-0.25, -0.2) is 9.78 Å². The molecule has 3 amide bonds. The normalized spacial score (nSPS) is 21.6. The summed E-state index contributed by atoms with van der Waals surface area (Å²) in [5.41, 5.74) is 0.323. The van der Waals surface area contributed by atoms with Crippen LogP contribution in [0.4, 0.5) is 5.13 Å². The number of thioether (sulfide) groups is 1. The minimum absolute atomic E-state index is 0.0837. The zero-order chi connectivity index (χ0) is 19.0. The van der Waals surface area contributed by atoms with Crippen molar-refractivity contribution in [2.45, 2.75) is 18.3 Å². The highest BCUT2D eigenvalue weighted by Gasteiger charge is 2.54. The average molecular weight is 396 g/mol. The van der Waals surface area contributed by atoms with E-state index >= 15 is 0 Å². The molecule has 2 atom stereocenters. The van der Waals surface area contributed by atoms with E-state index in [4.69, 9.17) is 0 Å². The predicted molar refractivity (Wildman–Crippen MR) is 91.5 cm³/mol. The van der Waals surface area contributed by atoms with E-state index < -0.39 is 35.0 Å². The summed E-state index contributed by atoms with van der Waals surface area (Å²) in [6.07, 6.45) is 0.393. The van der Waals surface area contributed by atoms with Crippen molar-refractivity contribution < 1.29 is 29.1 Å². The number of anilines is 1. The van der Waals surface area contributed by atoms with Crippen LogP contribution in [0.1, 0.15) is 17.4 Å². The molecule has 1 aromatic rings. The van der Waals surface area contributed by atoms with E-state index in [2.05, 4.69) is 15.6 Å². The van der Waals surface area contributed by atoms with Crippen LogP contribution in [0.25, 0.3) is 0 Å². The predicted octanol–water partition coefficient (Wildman–Crippen LogP) is -0.347. The van der Waals surface area contributed by atoms with Gasteiger partial charge in [-0.1, -0.05) is 0 Å². The standard InChI is InChI=1S/C14H12N4O6S2/c1-5-2-25-12-7(11(22)18(12)8(5)13(23)24)17-10(21)9(20)6-3-26-14(16-6)15-4-19/h3-4,7,12H,2H2,1H3,(H,17,21)(H,23,24)(H,15,16,19)/t7?,12-/m1/s1. The lowest BCUT2D eigenvalue weighted by Gasteiger charge is -2.49. The maximum atomic E-state index is 12.3. The van der Waals surface area contributed by atoms with E-state index in [1.807, 2.05) is 0 Å². The first-order chi connectivity index (χ1) is 12.3. The van der Waals surface area contributed by atoms with E-state index in [0.29, 0.717) is 17.7 Å². The second kappa shape index (κ2) is 6.88. The number of nitrogens with zero attached hydrogens (tertiary/aromatic N) is 2. The second-order valence-corrected chi connectivity index (χ2v) is 7.39. The number of carbonyl (C=O) groups excluding carboxylic acids is 4. The molecule has 1 fully saturated rings. The Balaban J connectivity index is 1.69. The lowest BCUT2D eigenvalue weighted by molar-refractivity contribution is -0.150. The van der Waals surface area contributed by atoms with Crippen molar-refractivity contribution in [2.24, 2.45) is 0 Å². The van der Waals surface area contributed by atoms with Crippen LogP contribution in [-0.4, -0.2) is 62.1 Å². The Bertz CT molecular complexity index is 863. The number of thiazole rings is 1. The Morgan fingerprint density at radius 3 is 2.81 bits per heavy atom. The number of amides is 3. The van der Waals surface area contributed by atoms with Crippen LogP contribution in [0.2, 0.25) is 0 Å². The summed E-state index contributed by atoms with van der Waals surface area (Å²) in [7, 11) is 0. The molecule has 3 rings (SSSR count). The van der Waals surface area contributed by atoms with Gasteiger partial charge in [-0.3, -0.25) is 24.1 Å². The highest BCUT2D eigenvalue weighted by Crippen LogP contribution is 2.40. The zero-order valence-corrected chi connectivity index (χ0v) is 14.8. The van der Waals surface area contributed by atoms with Gasteiger partial charge in [0.05, 0.1) is 0 Å². The monoisotopic (exact) mass is 396 g/mol. The molecule has 0 radical (unpaired) electrons. The number of carboxylic acid groups (broad SMARTS) is 1. The summed E-state index contributed by atoms with van der Waals surface area (Å²) < 4.78 is 0. The average Bonchev–Trinajstić information content (AvgIpc) is 3.07. The number of rotatable bonds is 6. The van der Waals surface area contributed by atoms with Gasteiger partial charge in [0.15, 0.2) is 5.13 Å². The number of hydrogen-bond acceptors (Lipinski definition) is 8. The summed E-state index contributed by atoms with van der Waals surface area (Å²) in [4.78, 5) is 63.1. The summed E-state index contributed by atoms with van der Waals surface area (Å²) in [5.74, 6) is -3.35. The first-order valence-electron chi connectivity index (χ1n) is 7.23. The number of aliphatic carboxylic acids is 1. The minimum Gasteiger partial charge on any atom is -0.477 e. The van der Waals surface area contributed by atoms with Crippen molar-refractivity contribution in [3.63, 3.8) is 0 Å². The molecule has 0 aromatic carbocycles. The van der Waals surface area contributed by atoms with Gasteiger partial charge in [-0.15, -0.1) is 23.1 Å². The van der Waals surface area contributed by atoms with Crippen molar-refractivity contribution in [3.8, 4) is 0 Å². The summed E-state index contributed by atoms with van der Waals surface area (Å²) in [6, 6.07) is -0.981. The van der Waals surface area contributed by atoms with Crippen LogP contribution in [0, 0.1) is 0 Å². The van der Waals surface area contributed by atoms with E-state index in [1.165, 1.54) is 17.1 Å². The number of aromatic nitrogens is 1. The zero-order valence-electron chi connectivity index (χ0n) is 13.2. The van der Waals surface area contributed by atoms with Crippen molar-refractivity contribution in [2.75, 3.05) is 11.1 Å². The Morgan fingerprint density at radius 2 is 2.15 bits per heavy atom. The van der Waals surface area contributed by atoms with Crippen LogP contribution in [0.5, 0.6) is 0 Å². The Morgan fingerprint density at radius 1 is 1.42 bits per heavy atom. The lowest BCUT2D eigenvalue weighted by Crippen LogP contribution is -2.71. The third kappa shape index (κ3) is 2.97. The Kier molecular flexibility index (Phi) is 4.78. The first-order valence-corrected chi connectivity index (χ1v) is 9.16. The Labute approximate surface area is 154 Å². The fraction of sp³-hybridized carbons (Fsp3) is 0.286. The minimum atomic E-state index is -1.21. The molecule has 1 saturated heterocycles. The maximum absolute atomic E-state index is 12.3. The first kappa shape index (κ1) is 18.1. The number of nitrogens with one attached hydrogen (secondary N) is 2. The topological polar surface area (TPSA) is 146 Å². The van der Waals surface area contributed by atoms with Crippen molar-refractivity contribution in [1.29, 1.82) is 0 Å². The van der Waals surface area contributed by atoms with Crippen molar-refractivity contribution in [1.82, 2.24) is 15.2 Å². The highest BCUT2D eigenvalue weighted by molar-refractivity contribution is 8.00. The van der Waals surface area contributed by atoms with E-state index in [0.717, 1.165) is 16.2 Å². The number of fused-ring (bicyclic) bond motifs is 1. The molecule has 2 aliphatic rings. The molecule has 10 nitrogen and oxygen atoms in total. The number of hydrogen-bond donors (Lipinski definition) is 3. The molecule has 1 unspecified atom stereocenters. The molecule has 0 bridgehead atoms. The van der Waals surface area contributed by atoms with Gasteiger partial charge in [-0.2, -0.15) is 0 Å². The van der Waals surface area contributed by atoms with Crippen LogP contribution in [0.3, 0.4) is 0 Å². The van der Waals surface area contributed by atoms with Gasteiger partial charge < -0.3 is 15.7 Å². The summed E-state index contributed by atoms with van der Waals surface area (Å²) in [6.45, 7) is 1.63. The summed E-state index contributed by atoms with van der Waals surface area (Å²) in [5, 5.41) is 14.8. The van der Waals surface area contributed by atoms with Gasteiger partial charge in [0, 0.05) is 11.1 Å². The van der Waals surface area contributed by atoms with E-state index in [9.17, 15) is 29.1 Å². The van der Waals surface area contributed by atoms with Crippen LogP contribution >= 0.6 is 23.1 Å². The molecule has 0 saturated carbocycles. The molecule has 26 heavy (non-hydrogen) atoms. The maximum Gasteiger partial charge on any atom is 0.352 e. The smallest absolute Gasteiger partial charge is 0.352 e. The molecular weight excluding hydrogens is 384 g/mol. The number of ketones is 1. The Hall–Kier alpha value is -2.73. The molecule has 0 spiro atoms. The van der Waals surface area contributed by atoms with Crippen molar-refractivity contribution in [3.05, 3.63) is 22.3 Å². The highest BCUT2D eigenvalue weighted by atomic mass is 32.2. The second-order valence-electron chi connectivity index (χ2n) is 5.42. The molecule has 3 N–H and O–H groups in total. The molecular formula is C14H12N4O6S2. The fourth-order valence-electron chi connectivity index (χ4n) is 2.59. The molecule has 136 valence electrons. The summed E-state index contributed by atoms with van der Waals surface area (Å²) >= 11 is 2.29. The molecule has 1 aromatic heterocycles. The van der Waals surface area contributed by atoms with Gasteiger partial charge in [0.25, 0.3) is 17.6 Å². The van der Waals surface area contributed by atoms with Crippen LogP contribution < -0.4 is 10.6 Å². The number of carbonyl (C=O) groups is 5. The molecule has 3 heterocycles. The SMILES string of the molecule is CC1=C(C(=O)O)N2C(=O)C(NC(=O)C(=O)c3csc(NC=O)n3)[C@H]2SC1. The molecule has 12 heteroatoms. The van der Waals surface area contributed by atoms with Crippen LogP contribution in [0.15, 0.2) is 16.7 Å². The number of carboxylic acids is 1. The quantitative estimate of drug-likeness (QED) is 0.256. The fourth-order valence-corrected chi connectivity index (χ4v) is 4.54. The van der Waals surface area contributed by atoms with Gasteiger partial charge in [-0.05, 0) is 12.5 Å². The van der Waals surface area contributed by atoms with Crippen LogP contribution in [-0.2, 0) is 19.2 Å². The van der Waals surface area contributed by atoms with Gasteiger partial charge >= 0.3 is 5.97 Å². The van der Waals surface area contributed by atoms with E-state index in [1.54, 1.807) is 6.92 Å². The third-order valence-corrected chi connectivity index (χ3v) is 5.97. The van der Waals surface area contributed by atoms with E-state index in [-0.39, 0.29) is 16.5 Å². The molecule has 0 aliphatic carbocycles. The largest absolute Gasteiger partial charge is 0.477 e. The van der Waals surface area contributed by atoms with Gasteiger partial charge in [0.1, 0.15) is 22.8 Å².